The van der Waals surface area contributed by atoms with E-state index < -0.39 is 0 Å². The maximum Gasteiger partial charge on any atom is 0.253 e. The summed E-state index contributed by atoms with van der Waals surface area (Å²) in [7, 11) is 0. The van der Waals surface area contributed by atoms with Crippen LogP contribution in [-0.2, 0) is 4.74 Å². The molecule has 0 unspecified atom stereocenters. The van der Waals surface area contributed by atoms with Crippen LogP contribution in [-0.4, -0.2) is 60.2 Å². The number of ether oxygens (including phenoxy) is 1. The summed E-state index contributed by atoms with van der Waals surface area (Å²) in [6.45, 7) is 6.94. The summed E-state index contributed by atoms with van der Waals surface area (Å²) < 4.78 is 5.44. The molecule has 0 spiro atoms. The molecule has 2 fully saturated rings. The van der Waals surface area contributed by atoms with Gasteiger partial charge in [-0.1, -0.05) is 6.92 Å². The first-order valence-corrected chi connectivity index (χ1v) is 9.09. The van der Waals surface area contributed by atoms with Crippen LogP contribution in [0.4, 0.5) is 5.82 Å². The highest BCUT2D eigenvalue weighted by Crippen LogP contribution is 2.26. The molecule has 0 aliphatic carbocycles. The van der Waals surface area contributed by atoms with Crippen molar-refractivity contribution >= 4 is 22.6 Å². The Bertz CT molecular complexity index is 773. The molecule has 6 heteroatoms. The van der Waals surface area contributed by atoms with Gasteiger partial charge in [0.2, 0.25) is 0 Å². The molecule has 1 amide bonds. The summed E-state index contributed by atoms with van der Waals surface area (Å²) in [4.78, 5) is 26.0. The number of carbonyl (C=O) groups is 1. The van der Waals surface area contributed by atoms with E-state index in [1.807, 2.05) is 23.1 Å². The quantitative estimate of drug-likeness (QED) is 0.840. The van der Waals surface area contributed by atoms with Crippen LogP contribution in [0.5, 0.6) is 0 Å². The summed E-state index contributed by atoms with van der Waals surface area (Å²) in [5.41, 5.74) is 1.60. The Morgan fingerprint density at radius 2 is 2.04 bits per heavy atom. The molecule has 132 valence electrons. The second-order valence-electron chi connectivity index (χ2n) is 7.03. The molecule has 2 saturated heterocycles. The number of amides is 1. The second-order valence-corrected chi connectivity index (χ2v) is 7.03. The molecule has 1 aromatic heterocycles. The average Bonchev–Trinajstić information content (AvgIpc) is 2.67. The van der Waals surface area contributed by atoms with E-state index in [2.05, 4.69) is 21.8 Å². The van der Waals surface area contributed by atoms with E-state index in [0.29, 0.717) is 19.1 Å². The zero-order valence-corrected chi connectivity index (χ0v) is 14.6. The lowest BCUT2D eigenvalue weighted by molar-refractivity contribution is 0.0683. The third-order valence-electron chi connectivity index (χ3n) is 5.12. The molecule has 0 N–H and O–H groups in total. The highest BCUT2D eigenvalue weighted by molar-refractivity contribution is 6.00. The van der Waals surface area contributed by atoms with Gasteiger partial charge >= 0.3 is 0 Å². The predicted molar refractivity (Wildman–Crippen MR) is 96.9 cm³/mol. The molecule has 0 bridgehead atoms. The number of hydrogen-bond donors (Lipinski definition) is 0. The van der Waals surface area contributed by atoms with Crippen LogP contribution in [0.3, 0.4) is 0 Å². The minimum atomic E-state index is 0.116. The normalized spacial score (nSPS) is 21.6. The Kier molecular flexibility index (Phi) is 4.53. The lowest BCUT2D eigenvalue weighted by Crippen LogP contribution is -2.39. The van der Waals surface area contributed by atoms with Gasteiger partial charge in [0.15, 0.2) is 0 Å². The number of nitrogens with zero attached hydrogens (tertiary/aromatic N) is 4. The van der Waals surface area contributed by atoms with Crippen molar-refractivity contribution in [3.63, 3.8) is 0 Å². The number of benzene rings is 1. The zero-order chi connectivity index (χ0) is 17.2. The van der Waals surface area contributed by atoms with Crippen LogP contribution in [0.2, 0.25) is 0 Å². The Hall–Kier alpha value is -2.21. The van der Waals surface area contributed by atoms with Crippen LogP contribution in [0.1, 0.15) is 30.1 Å². The number of anilines is 1. The SMILES string of the molecule is C[C@@H]1CCCN(C(=O)c2ccc3ncnc(N4CCOCC4)c3c2)C1. The van der Waals surface area contributed by atoms with Crippen molar-refractivity contribution in [1.82, 2.24) is 14.9 Å². The van der Waals surface area contributed by atoms with Gasteiger partial charge in [0.25, 0.3) is 5.91 Å². The fourth-order valence-corrected chi connectivity index (χ4v) is 3.76. The summed E-state index contributed by atoms with van der Waals surface area (Å²) >= 11 is 0. The van der Waals surface area contributed by atoms with Crippen molar-refractivity contribution in [2.75, 3.05) is 44.3 Å². The number of piperidine rings is 1. The predicted octanol–water partition coefficient (Wildman–Crippen LogP) is 2.34. The molecule has 1 atom stereocenters. The van der Waals surface area contributed by atoms with Crippen LogP contribution in [0.25, 0.3) is 10.9 Å². The van der Waals surface area contributed by atoms with E-state index >= 15 is 0 Å². The highest BCUT2D eigenvalue weighted by Gasteiger charge is 2.23. The van der Waals surface area contributed by atoms with Gasteiger partial charge in [-0.05, 0) is 37.0 Å². The topological polar surface area (TPSA) is 58.6 Å². The lowest BCUT2D eigenvalue weighted by atomic mass is 9.99. The third-order valence-corrected chi connectivity index (χ3v) is 5.12. The van der Waals surface area contributed by atoms with Gasteiger partial charge < -0.3 is 14.5 Å². The number of hydrogen-bond acceptors (Lipinski definition) is 5. The fourth-order valence-electron chi connectivity index (χ4n) is 3.76. The number of fused-ring (bicyclic) bond motifs is 1. The summed E-state index contributed by atoms with van der Waals surface area (Å²) in [6, 6.07) is 5.78. The number of aromatic nitrogens is 2. The lowest BCUT2D eigenvalue weighted by Gasteiger charge is -2.31. The largest absolute Gasteiger partial charge is 0.378 e. The smallest absolute Gasteiger partial charge is 0.253 e. The van der Waals surface area contributed by atoms with Gasteiger partial charge in [0.1, 0.15) is 12.1 Å². The van der Waals surface area contributed by atoms with E-state index in [-0.39, 0.29) is 5.91 Å². The fraction of sp³-hybridized carbons (Fsp3) is 0.526. The molecule has 6 nitrogen and oxygen atoms in total. The summed E-state index contributed by atoms with van der Waals surface area (Å²) in [5.74, 6) is 1.59. The van der Waals surface area contributed by atoms with Crippen molar-refractivity contribution in [2.24, 2.45) is 5.92 Å². The molecule has 4 rings (SSSR count). The summed E-state index contributed by atoms with van der Waals surface area (Å²) in [6.07, 6.45) is 3.89. The van der Waals surface area contributed by atoms with Crippen molar-refractivity contribution in [1.29, 1.82) is 0 Å². The molecule has 2 aliphatic rings. The first-order valence-electron chi connectivity index (χ1n) is 9.09. The first-order chi connectivity index (χ1) is 12.2. The van der Waals surface area contributed by atoms with Gasteiger partial charge in [-0.3, -0.25) is 4.79 Å². The molecule has 2 aromatic rings. The number of rotatable bonds is 2. The maximum atomic E-state index is 12.9. The first kappa shape index (κ1) is 16.3. The van der Waals surface area contributed by atoms with Crippen molar-refractivity contribution in [3.8, 4) is 0 Å². The average molecular weight is 340 g/mol. The number of morpholine rings is 1. The third kappa shape index (κ3) is 3.31. The molecular weight excluding hydrogens is 316 g/mol. The van der Waals surface area contributed by atoms with Gasteiger partial charge in [-0.15, -0.1) is 0 Å². The van der Waals surface area contributed by atoms with Crippen molar-refractivity contribution < 1.29 is 9.53 Å². The van der Waals surface area contributed by atoms with E-state index in [9.17, 15) is 4.79 Å². The van der Waals surface area contributed by atoms with Gasteiger partial charge in [0, 0.05) is 37.1 Å². The monoisotopic (exact) mass is 340 g/mol. The van der Waals surface area contributed by atoms with Crippen LogP contribution in [0, 0.1) is 5.92 Å². The standard InChI is InChI=1S/C19H24N4O2/c1-14-3-2-6-23(12-14)19(24)15-4-5-17-16(11-15)18(21-13-20-17)22-7-9-25-10-8-22/h4-5,11,13-14H,2-3,6-10,12H2,1H3/t14-/m1/s1. The molecule has 1 aromatic carbocycles. The highest BCUT2D eigenvalue weighted by atomic mass is 16.5. The maximum absolute atomic E-state index is 12.9. The molecule has 25 heavy (non-hydrogen) atoms. The Balaban J connectivity index is 1.67. The van der Waals surface area contributed by atoms with Gasteiger partial charge in [-0.25, -0.2) is 9.97 Å². The Morgan fingerprint density at radius 1 is 1.20 bits per heavy atom. The van der Waals surface area contributed by atoms with Gasteiger partial charge in [0.05, 0.1) is 18.7 Å². The minimum Gasteiger partial charge on any atom is -0.378 e. The zero-order valence-electron chi connectivity index (χ0n) is 14.6. The van der Waals surface area contributed by atoms with Crippen LogP contribution >= 0.6 is 0 Å². The number of likely N-dealkylation sites (tertiary alicyclic amines) is 1. The minimum absolute atomic E-state index is 0.116. The van der Waals surface area contributed by atoms with Crippen molar-refractivity contribution in [2.45, 2.75) is 19.8 Å². The van der Waals surface area contributed by atoms with E-state index in [4.69, 9.17) is 4.74 Å². The van der Waals surface area contributed by atoms with E-state index in [1.165, 1.54) is 6.42 Å². The Labute approximate surface area is 147 Å². The second kappa shape index (κ2) is 6.96. The molecular formula is C19H24N4O2. The number of carbonyl (C=O) groups excluding carboxylic acids is 1. The summed E-state index contributed by atoms with van der Waals surface area (Å²) in [5, 5.41) is 0.945. The molecule has 0 radical (unpaired) electrons. The molecule has 3 heterocycles. The van der Waals surface area contributed by atoms with Gasteiger partial charge in [-0.2, -0.15) is 0 Å². The van der Waals surface area contributed by atoms with Crippen LogP contribution < -0.4 is 4.90 Å². The Morgan fingerprint density at radius 3 is 2.84 bits per heavy atom. The van der Waals surface area contributed by atoms with Crippen LogP contribution in [0.15, 0.2) is 24.5 Å². The van der Waals surface area contributed by atoms with E-state index in [1.54, 1.807) is 6.33 Å². The van der Waals surface area contributed by atoms with E-state index in [0.717, 1.165) is 54.9 Å². The molecule has 2 aliphatic heterocycles. The van der Waals surface area contributed by atoms with Crippen molar-refractivity contribution in [3.05, 3.63) is 30.1 Å². The molecule has 0 saturated carbocycles.